The van der Waals surface area contributed by atoms with E-state index in [2.05, 4.69) is 34.8 Å². The van der Waals surface area contributed by atoms with Crippen molar-refractivity contribution in [1.82, 2.24) is 4.90 Å². The Labute approximate surface area is 108 Å². The summed E-state index contributed by atoms with van der Waals surface area (Å²) in [4.78, 5) is 2.54. The lowest BCUT2D eigenvalue weighted by atomic mass is 9.82. The highest BCUT2D eigenvalue weighted by Crippen LogP contribution is 2.39. The van der Waals surface area contributed by atoms with Crippen molar-refractivity contribution in [1.29, 1.82) is 0 Å². The smallest absolute Gasteiger partial charge is 0.0472 e. The Morgan fingerprint density at radius 1 is 1.38 bits per heavy atom. The zero-order valence-electron chi connectivity index (χ0n) is 10.5. The van der Waals surface area contributed by atoms with Gasteiger partial charge >= 0.3 is 0 Å². The molecule has 1 saturated heterocycles. The third kappa shape index (κ3) is 3.21. The van der Waals surface area contributed by atoms with Gasteiger partial charge in [-0.25, -0.2) is 0 Å². The van der Waals surface area contributed by atoms with Gasteiger partial charge in [-0.15, -0.1) is 0 Å². The van der Waals surface area contributed by atoms with Crippen LogP contribution in [0.25, 0.3) is 0 Å². The number of halogens is 1. The van der Waals surface area contributed by atoms with Gasteiger partial charge in [0.25, 0.3) is 0 Å². The lowest BCUT2D eigenvalue weighted by Gasteiger charge is -2.38. The number of alkyl halides is 1. The first-order chi connectivity index (χ1) is 7.65. The van der Waals surface area contributed by atoms with Crippen LogP contribution in [-0.2, 0) is 4.74 Å². The Morgan fingerprint density at radius 2 is 2.00 bits per heavy atom. The Morgan fingerprint density at radius 3 is 2.50 bits per heavy atom. The molecule has 2 atom stereocenters. The highest BCUT2D eigenvalue weighted by molar-refractivity contribution is 9.09. The number of nitrogens with zero attached hydrogens (tertiary/aromatic N) is 1. The highest BCUT2D eigenvalue weighted by atomic mass is 79.9. The maximum absolute atomic E-state index is 5.48. The van der Waals surface area contributed by atoms with Gasteiger partial charge in [-0.05, 0) is 43.6 Å². The first-order valence-corrected chi connectivity index (χ1v) is 7.60. The standard InChI is InChI=1S/C13H24BrNO/c1-11-7-12(11)8-15(2)10-13(9-14)3-5-16-6-4-13/h11-12H,3-10H2,1-2H3. The Hall–Kier alpha value is 0.400. The molecule has 2 rings (SSSR count). The van der Waals surface area contributed by atoms with E-state index in [-0.39, 0.29) is 0 Å². The molecule has 94 valence electrons. The molecular weight excluding hydrogens is 266 g/mol. The summed E-state index contributed by atoms with van der Waals surface area (Å²) in [7, 11) is 2.28. The molecule has 2 fully saturated rings. The van der Waals surface area contributed by atoms with Crippen LogP contribution < -0.4 is 0 Å². The number of hydrogen-bond acceptors (Lipinski definition) is 2. The average Bonchev–Trinajstić information content (AvgIpc) is 2.95. The van der Waals surface area contributed by atoms with Crippen LogP contribution in [0, 0.1) is 17.3 Å². The average molecular weight is 290 g/mol. The van der Waals surface area contributed by atoms with Crippen LogP contribution in [-0.4, -0.2) is 43.6 Å². The highest BCUT2D eigenvalue weighted by Gasteiger charge is 2.36. The summed E-state index contributed by atoms with van der Waals surface area (Å²) in [6, 6.07) is 0. The van der Waals surface area contributed by atoms with E-state index in [1.807, 2.05) is 0 Å². The normalized spacial score (nSPS) is 33.0. The predicted octanol–water partition coefficient (Wildman–Crippen LogP) is 2.77. The van der Waals surface area contributed by atoms with Crippen LogP contribution in [0.5, 0.6) is 0 Å². The Kier molecular flexibility index (Phi) is 4.31. The summed E-state index contributed by atoms with van der Waals surface area (Å²) in [5.41, 5.74) is 0.463. The van der Waals surface area contributed by atoms with Crippen molar-refractivity contribution in [3.05, 3.63) is 0 Å². The summed E-state index contributed by atoms with van der Waals surface area (Å²) in [6.07, 6.45) is 3.86. The molecule has 1 aliphatic carbocycles. The van der Waals surface area contributed by atoms with Gasteiger partial charge in [-0.3, -0.25) is 0 Å². The topological polar surface area (TPSA) is 12.5 Å². The Bertz CT molecular complexity index is 228. The van der Waals surface area contributed by atoms with Gasteiger partial charge in [-0.1, -0.05) is 22.9 Å². The quantitative estimate of drug-likeness (QED) is 0.722. The molecule has 1 heterocycles. The molecule has 0 bridgehead atoms. The first-order valence-electron chi connectivity index (χ1n) is 6.47. The van der Waals surface area contributed by atoms with Gasteiger partial charge in [0, 0.05) is 31.6 Å². The molecule has 16 heavy (non-hydrogen) atoms. The second-order valence-electron chi connectivity index (χ2n) is 5.92. The van der Waals surface area contributed by atoms with Crippen LogP contribution in [0.1, 0.15) is 26.2 Å². The molecule has 3 heteroatoms. The fourth-order valence-corrected chi connectivity index (χ4v) is 3.57. The van der Waals surface area contributed by atoms with E-state index in [4.69, 9.17) is 4.74 Å². The SMILES string of the molecule is CC1CC1CN(C)CC1(CBr)CCOCC1. The van der Waals surface area contributed by atoms with E-state index in [9.17, 15) is 0 Å². The minimum absolute atomic E-state index is 0.463. The zero-order chi connectivity index (χ0) is 11.6. The minimum atomic E-state index is 0.463. The molecule has 1 saturated carbocycles. The van der Waals surface area contributed by atoms with Gasteiger partial charge in [0.15, 0.2) is 0 Å². The Balaban J connectivity index is 1.80. The summed E-state index contributed by atoms with van der Waals surface area (Å²) in [5.74, 6) is 1.94. The fourth-order valence-electron chi connectivity index (χ4n) is 2.83. The van der Waals surface area contributed by atoms with Crippen molar-refractivity contribution in [2.24, 2.45) is 17.3 Å². The van der Waals surface area contributed by atoms with Crippen molar-refractivity contribution in [3.8, 4) is 0 Å². The van der Waals surface area contributed by atoms with Crippen molar-refractivity contribution >= 4 is 15.9 Å². The molecule has 0 amide bonds. The predicted molar refractivity (Wildman–Crippen MR) is 71.0 cm³/mol. The van der Waals surface area contributed by atoms with Gasteiger partial charge < -0.3 is 9.64 Å². The van der Waals surface area contributed by atoms with Gasteiger partial charge in [-0.2, -0.15) is 0 Å². The third-order valence-electron chi connectivity index (χ3n) is 4.26. The maximum Gasteiger partial charge on any atom is 0.0472 e. The molecule has 0 aromatic heterocycles. The first kappa shape index (κ1) is 12.8. The van der Waals surface area contributed by atoms with Crippen molar-refractivity contribution in [2.45, 2.75) is 26.2 Å². The van der Waals surface area contributed by atoms with Gasteiger partial charge in [0.2, 0.25) is 0 Å². The van der Waals surface area contributed by atoms with Crippen LogP contribution in [0.2, 0.25) is 0 Å². The molecule has 0 spiro atoms. The van der Waals surface area contributed by atoms with Crippen LogP contribution in [0.3, 0.4) is 0 Å². The molecule has 0 N–H and O–H groups in total. The second-order valence-corrected chi connectivity index (χ2v) is 6.48. The van der Waals surface area contributed by atoms with E-state index in [1.54, 1.807) is 0 Å². The van der Waals surface area contributed by atoms with Crippen LogP contribution >= 0.6 is 15.9 Å². The second kappa shape index (κ2) is 5.36. The minimum Gasteiger partial charge on any atom is -0.381 e. The van der Waals surface area contributed by atoms with E-state index in [0.717, 1.165) is 30.4 Å². The molecular formula is C13H24BrNO. The molecule has 1 aliphatic heterocycles. The molecule has 2 unspecified atom stereocenters. The van der Waals surface area contributed by atoms with E-state index >= 15 is 0 Å². The van der Waals surface area contributed by atoms with Crippen molar-refractivity contribution in [2.75, 3.05) is 38.7 Å². The van der Waals surface area contributed by atoms with Crippen molar-refractivity contribution in [3.63, 3.8) is 0 Å². The molecule has 2 aliphatic rings. The van der Waals surface area contributed by atoms with E-state index in [1.165, 1.54) is 32.4 Å². The zero-order valence-corrected chi connectivity index (χ0v) is 12.1. The van der Waals surface area contributed by atoms with Gasteiger partial charge in [0.05, 0.1) is 0 Å². The summed E-state index contributed by atoms with van der Waals surface area (Å²) < 4.78 is 5.48. The molecule has 0 aromatic rings. The molecule has 2 nitrogen and oxygen atoms in total. The van der Waals surface area contributed by atoms with Crippen LogP contribution in [0.4, 0.5) is 0 Å². The number of rotatable bonds is 5. The largest absolute Gasteiger partial charge is 0.381 e. The molecule has 0 radical (unpaired) electrons. The third-order valence-corrected chi connectivity index (χ3v) is 5.45. The van der Waals surface area contributed by atoms with Crippen LogP contribution in [0.15, 0.2) is 0 Å². The summed E-state index contributed by atoms with van der Waals surface area (Å²) >= 11 is 3.71. The number of ether oxygens (including phenoxy) is 1. The number of hydrogen-bond donors (Lipinski definition) is 0. The van der Waals surface area contributed by atoms with Gasteiger partial charge in [0.1, 0.15) is 0 Å². The van der Waals surface area contributed by atoms with E-state index < -0.39 is 0 Å². The maximum atomic E-state index is 5.48. The van der Waals surface area contributed by atoms with Crippen molar-refractivity contribution < 1.29 is 4.74 Å². The monoisotopic (exact) mass is 289 g/mol. The lowest BCUT2D eigenvalue weighted by molar-refractivity contribution is 0.0113. The lowest BCUT2D eigenvalue weighted by Crippen LogP contribution is -2.42. The fraction of sp³-hybridized carbons (Fsp3) is 1.00. The molecule has 0 aromatic carbocycles. The van der Waals surface area contributed by atoms with E-state index in [0.29, 0.717) is 5.41 Å². The summed E-state index contributed by atoms with van der Waals surface area (Å²) in [6.45, 7) is 6.77. The summed E-state index contributed by atoms with van der Waals surface area (Å²) in [5, 5.41) is 1.12.